The zero-order valence-corrected chi connectivity index (χ0v) is 19.5. The Morgan fingerprint density at radius 3 is 2.00 bits per heavy atom. The maximum absolute atomic E-state index is 11.0. The predicted octanol–water partition coefficient (Wildman–Crippen LogP) is 5.88. The second-order valence-corrected chi connectivity index (χ2v) is 8.89. The smallest absolute Gasteiger partial charge is 0.335 e. The van der Waals surface area contributed by atoms with Crippen molar-refractivity contribution in [2.45, 2.75) is 64.6 Å². The van der Waals surface area contributed by atoms with Gasteiger partial charge in [-0.2, -0.15) is 0 Å². The summed E-state index contributed by atoms with van der Waals surface area (Å²) < 4.78 is 11.7. The molecule has 3 rings (SSSR count). The summed E-state index contributed by atoms with van der Waals surface area (Å²) in [4.78, 5) is 13.5. The third kappa shape index (κ3) is 7.95. The number of ether oxygens (including phenoxy) is 2. The molecule has 2 aromatic carbocycles. The molecule has 0 bridgehead atoms. The highest BCUT2D eigenvalue weighted by atomic mass is 16.5. The van der Waals surface area contributed by atoms with Crippen molar-refractivity contribution in [3.8, 4) is 16.9 Å². The van der Waals surface area contributed by atoms with Crippen LogP contribution in [0.25, 0.3) is 11.1 Å². The Morgan fingerprint density at radius 1 is 0.875 bits per heavy atom. The Bertz CT molecular complexity index is 809. The number of nitrogens with zero attached hydrogens (tertiary/aromatic N) is 1. The van der Waals surface area contributed by atoms with Crippen molar-refractivity contribution >= 4 is 5.97 Å². The fourth-order valence-electron chi connectivity index (χ4n) is 4.35. The van der Waals surface area contributed by atoms with Crippen LogP contribution in [0.2, 0.25) is 0 Å². The van der Waals surface area contributed by atoms with Crippen LogP contribution in [0.3, 0.4) is 0 Å². The molecule has 0 aliphatic carbocycles. The van der Waals surface area contributed by atoms with Crippen LogP contribution in [0.4, 0.5) is 0 Å². The Kier molecular flexibility index (Phi) is 9.57. The Balaban J connectivity index is 1.24. The fraction of sp³-hybridized carbons (Fsp3) is 0.519. The van der Waals surface area contributed by atoms with Crippen LogP contribution < -0.4 is 4.74 Å². The molecule has 0 radical (unpaired) electrons. The SMILES string of the molecule is CC1CN(CCCCCCCCOc2ccc(-c3ccc(C(=O)O)cc3)cc2)CC(C)O1. The van der Waals surface area contributed by atoms with Crippen LogP contribution >= 0.6 is 0 Å². The summed E-state index contributed by atoms with van der Waals surface area (Å²) in [6.07, 6.45) is 8.16. The van der Waals surface area contributed by atoms with Crippen molar-refractivity contribution in [2.75, 3.05) is 26.2 Å². The van der Waals surface area contributed by atoms with Crippen molar-refractivity contribution in [3.05, 3.63) is 54.1 Å². The molecule has 0 spiro atoms. The molecule has 1 fully saturated rings. The molecule has 174 valence electrons. The summed E-state index contributed by atoms with van der Waals surface area (Å²) in [5.74, 6) is -0.0255. The molecular formula is C27H37NO4. The van der Waals surface area contributed by atoms with Gasteiger partial charge in [-0.3, -0.25) is 4.90 Å². The van der Waals surface area contributed by atoms with Crippen LogP contribution in [0.5, 0.6) is 5.75 Å². The molecule has 0 saturated carbocycles. The van der Waals surface area contributed by atoms with Gasteiger partial charge in [-0.05, 0) is 68.6 Å². The zero-order valence-electron chi connectivity index (χ0n) is 19.5. The summed E-state index contributed by atoms with van der Waals surface area (Å²) in [7, 11) is 0. The largest absolute Gasteiger partial charge is 0.494 e. The molecule has 1 saturated heterocycles. The van der Waals surface area contributed by atoms with Gasteiger partial charge < -0.3 is 14.6 Å². The summed E-state index contributed by atoms with van der Waals surface area (Å²) in [6.45, 7) is 8.41. The van der Waals surface area contributed by atoms with Crippen LogP contribution in [0.15, 0.2) is 48.5 Å². The molecule has 2 atom stereocenters. The number of hydrogen-bond donors (Lipinski definition) is 1. The minimum absolute atomic E-state index is 0.301. The summed E-state index contributed by atoms with van der Waals surface area (Å²) in [5, 5.41) is 9.00. The molecule has 0 amide bonds. The van der Waals surface area contributed by atoms with Gasteiger partial charge in [-0.25, -0.2) is 4.79 Å². The molecule has 1 N–H and O–H groups in total. The third-order valence-corrected chi connectivity index (χ3v) is 5.95. The standard InChI is InChI=1S/C27H37NO4/c1-21-19-28(20-22(2)32-21)17-7-5-3-4-6-8-18-31-26-15-13-24(14-16-26)23-9-11-25(12-10-23)27(29)30/h9-16,21-22H,3-8,17-20H2,1-2H3,(H,29,30). The third-order valence-electron chi connectivity index (χ3n) is 5.95. The lowest BCUT2D eigenvalue weighted by Crippen LogP contribution is -2.45. The number of unbranched alkanes of at least 4 members (excludes halogenated alkanes) is 5. The molecule has 1 aliphatic heterocycles. The highest BCUT2D eigenvalue weighted by molar-refractivity contribution is 5.88. The first kappa shape index (κ1) is 24.3. The normalized spacial score (nSPS) is 19.1. The van der Waals surface area contributed by atoms with E-state index in [9.17, 15) is 4.79 Å². The minimum atomic E-state index is -0.905. The number of carboxylic acids is 1. The molecular weight excluding hydrogens is 402 g/mol. The van der Waals surface area contributed by atoms with Crippen molar-refractivity contribution in [2.24, 2.45) is 0 Å². The average Bonchev–Trinajstić information content (AvgIpc) is 2.78. The summed E-state index contributed by atoms with van der Waals surface area (Å²) >= 11 is 0. The van der Waals surface area contributed by atoms with Gasteiger partial charge >= 0.3 is 5.97 Å². The molecule has 2 unspecified atom stereocenters. The number of morpholine rings is 1. The number of carbonyl (C=O) groups is 1. The maximum atomic E-state index is 11.0. The van der Waals surface area contributed by atoms with Gasteiger partial charge in [0.2, 0.25) is 0 Å². The van der Waals surface area contributed by atoms with Crippen molar-refractivity contribution in [1.82, 2.24) is 4.90 Å². The topological polar surface area (TPSA) is 59.0 Å². The van der Waals surface area contributed by atoms with E-state index in [0.717, 1.165) is 43.0 Å². The van der Waals surface area contributed by atoms with E-state index in [1.165, 1.54) is 38.6 Å². The summed E-state index contributed by atoms with van der Waals surface area (Å²) in [5.41, 5.74) is 2.35. The first-order valence-corrected chi connectivity index (χ1v) is 12.0. The van der Waals surface area contributed by atoms with E-state index in [1.807, 2.05) is 36.4 Å². The van der Waals surface area contributed by atoms with E-state index in [4.69, 9.17) is 14.6 Å². The van der Waals surface area contributed by atoms with Crippen LogP contribution in [0, 0.1) is 0 Å². The van der Waals surface area contributed by atoms with Crippen LogP contribution in [-0.2, 0) is 4.74 Å². The first-order chi connectivity index (χ1) is 15.5. The second-order valence-electron chi connectivity index (χ2n) is 8.89. The molecule has 5 nitrogen and oxygen atoms in total. The minimum Gasteiger partial charge on any atom is -0.494 e. The average molecular weight is 440 g/mol. The lowest BCUT2D eigenvalue weighted by atomic mass is 10.0. The number of aromatic carboxylic acids is 1. The number of carboxylic acid groups (broad SMARTS) is 1. The van der Waals surface area contributed by atoms with Gasteiger partial charge in [0.05, 0.1) is 24.4 Å². The lowest BCUT2D eigenvalue weighted by molar-refractivity contribution is -0.0681. The van der Waals surface area contributed by atoms with Gasteiger partial charge in [0.15, 0.2) is 0 Å². The molecule has 2 aromatic rings. The Morgan fingerprint density at radius 2 is 1.41 bits per heavy atom. The highest BCUT2D eigenvalue weighted by Gasteiger charge is 2.21. The van der Waals surface area contributed by atoms with Gasteiger partial charge in [0, 0.05) is 13.1 Å². The zero-order chi connectivity index (χ0) is 22.8. The summed E-state index contributed by atoms with van der Waals surface area (Å²) in [6, 6.07) is 14.9. The quantitative estimate of drug-likeness (QED) is 0.419. The maximum Gasteiger partial charge on any atom is 0.335 e. The first-order valence-electron chi connectivity index (χ1n) is 12.0. The fourth-order valence-corrected chi connectivity index (χ4v) is 4.35. The number of rotatable bonds is 12. The van der Waals surface area contributed by atoms with Gasteiger partial charge in [0.25, 0.3) is 0 Å². The Labute approximate surface area is 192 Å². The van der Waals surface area contributed by atoms with E-state index in [1.54, 1.807) is 12.1 Å². The Hall–Kier alpha value is -2.37. The van der Waals surface area contributed by atoms with E-state index in [0.29, 0.717) is 17.8 Å². The second kappa shape index (κ2) is 12.6. The number of hydrogen-bond acceptors (Lipinski definition) is 4. The van der Waals surface area contributed by atoms with Gasteiger partial charge in [-0.15, -0.1) is 0 Å². The van der Waals surface area contributed by atoms with E-state index < -0.39 is 5.97 Å². The predicted molar refractivity (Wildman–Crippen MR) is 128 cm³/mol. The van der Waals surface area contributed by atoms with Gasteiger partial charge in [-0.1, -0.05) is 49.9 Å². The van der Waals surface area contributed by atoms with E-state index in [-0.39, 0.29) is 0 Å². The molecule has 32 heavy (non-hydrogen) atoms. The lowest BCUT2D eigenvalue weighted by Gasteiger charge is -2.35. The van der Waals surface area contributed by atoms with Crippen LogP contribution in [0.1, 0.15) is 62.7 Å². The molecule has 5 heteroatoms. The highest BCUT2D eigenvalue weighted by Crippen LogP contribution is 2.23. The molecule has 1 heterocycles. The van der Waals surface area contributed by atoms with Crippen molar-refractivity contribution in [3.63, 3.8) is 0 Å². The van der Waals surface area contributed by atoms with E-state index >= 15 is 0 Å². The van der Waals surface area contributed by atoms with Crippen molar-refractivity contribution in [1.29, 1.82) is 0 Å². The molecule has 0 aromatic heterocycles. The molecule has 1 aliphatic rings. The van der Waals surface area contributed by atoms with Crippen molar-refractivity contribution < 1.29 is 19.4 Å². The number of benzene rings is 2. The van der Waals surface area contributed by atoms with Crippen LogP contribution in [-0.4, -0.2) is 54.4 Å². The van der Waals surface area contributed by atoms with Gasteiger partial charge in [0.1, 0.15) is 5.75 Å². The monoisotopic (exact) mass is 439 g/mol. The van der Waals surface area contributed by atoms with E-state index in [2.05, 4.69) is 18.7 Å².